The number of carbonyl (C=O) groups is 1. The summed E-state index contributed by atoms with van der Waals surface area (Å²) < 4.78 is 12.1. The van der Waals surface area contributed by atoms with Crippen molar-refractivity contribution < 1.29 is 19.4 Å². The quantitative estimate of drug-likeness (QED) is 0.429. The van der Waals surface area contributed by atoms with Gasteiger partial charge in [0.05, 0.1) is 12.0 Å². The molecule has 0 bridgehead atoms. The molecule has 0 atom stereocenters. The van der Waals surface area contributed by atoms with Crippen molar-refractivity contribution in [2.45, 2.75) is 52.1 Å². The smallest absolute Gasteiger partial charge is 0.303 e. The van der Waals surface area contributed by atoms with Gasteiger partial charge in [-0.15, -0.1) is 0 Å². The highest BCUT2D eigenvalue weighted by molar-refractivity contribution is 7.99. The van der Waals surface area contributed by atoms with E-state index in [1.54, 1.807) is 6.26 Å². The first-order valence-electron chi connectivity index (χ1n) is 11.8. The number of carboxylic acids is 1. The first-order chi connectivity index (χ1) is 16.5. The number of hydrogen-bond donors (Lipinski definition) is 1. The van der Waals surface area contributed by atoms with E-state index in [9.17, 15) is 4.79 Å². The first-order valence-corrected chi connectivity index (χ1v) is 12.9. The molecule has 0 spiro atoms. The van der Waals surface area contributed by atoms with Crippen molar-refractivity contribution >= 4 is 17.7 Å². The number of rotatable bonds is 8. The number of carboxylic acid groups (broad SMARTS) is 1. The summed E-state index contributed by atoms with van der Waals surface area (Å²) in [7, 11) is 0. The molecule has 1 aromatic carbocycles. The number of hydrogen-bond acceptors (Lipinski definition) is 5. The highest BCUT2D eigenvalue weighted by Gasteiger charge is 2.17. The molecule has 1 aliphatic heterocycles. The zero-order valence-corrected chi connectivity index (χ0v) is 20.6. The van der Waals surface area contributed by atoms with Crippen LogP contribution in [0.1, 0.15) is 43.2 Å². The van der Waals surface area contributed by atoms with E-state index in [0.29, 0.717) is 24.8 Å². The van der Waals surface area contributed by atoms with Gasteiger partial charge in [0.2, 0.25) is 5.88 Å². The monoisotopic (exact) mass is 477 g/mol. The van der Waals surface area contributed by atoms with Gasteiger partial charge in [0.15, 0.2) is 0 Å². The Morgan fingerprint density at radius 2 is 1.94 bits per heavy atom. The van der Waals surface area contributed by atoms with E-state index in [4.69, 9.17) is 19.6 Å². The zero-order chi connectivity index (χ0) is 23.9. The van der Waals surface area contributed by atoms with Crippen LogP contribution in [0.5, 0.6) is 11.6 Å². The number of pyridine rings is 1. The molecule has 4 rings (SSSR count). The Kier molecular flexibility index (Phi) is 8.12. The van der Waals surface area contributed by atoms with Gasteiger partial charge in [0, 0.05) is 18.1 Å². The van der Waals surface area contributed by atoms with Gasteiger partial charge >= 0.3 is 5.97 Å². The molecule has 178 valence electrons. The minimum absolute atomic E-state index is 0.147. The van der Waals surface area contributed by atoms with Gasteiger partial charge in [-0.2, -0.15) is 11.8 Å². The minimum Gasteiger partial charge on any atom is -0.490 e. The van der Waals surface area contributed by atoms with Crippen molar-refractivity contribution in [3.8, 4) is 22.9 Å². The van der Waals surface area contributed by atoms with Crippen molar-refractivity contribution in [1.82, 2.24) is 4.98 Å². The second kappa shape index (κ2) is 11.4. The van der Waals surface area contributed by atoms with Crippen LogP contribution in [-0.2, 0) is 4.79 Å². The van der Waals surface area contributed by atoms with Gasteiger partial charge in [-0.25, -0.2) is 4.98 Å². The standard InChI is InChI=1S/C28H31NO4S/c1-19-16-24(33-23-12-14-34-15-13-23)17-20(2)28(19)25-4-3-5-26(29-25)32-18-22-8-6-21(7-9-22)10-11-27(30)31/h3-8,16-18,23H,9-15H2,1-2H3,(H,30,31). The largest absolute Gasteiger partial charge is 0.490 e. The average molecular weight is 478 g/mol. The molecule has 6 heteroatoms. The molecule has 1 fully saturated rings. The molecule has 1 aromatic heterocycles. The van der Waals surface area contributed by atoms with E-state index in [0.717, 1.165) is 52.1 Å². The fraction of sp³-hybridized carbons (Fsp3) is 0.357. The van der Waals surface area contributed by atoms with E-state index >= 15 is 0 Å². The summed E-state index contributed by atoms with van der Waals surface area (Å²) in [6.07, 6.45) is 11.6. The highest BCUT2D eigenvalue weighted by atomic mass is 32.2. The van der Waals surface area contributed by atoms with Gasteiger partial charge in [0.25, 0.3) is 0 Å². The Hall–Kier alpha value is -2.99. The van der Waals surface area contributed by atoms with Gasteiger partial charge in [-0.1, -0.05) is 29.9 Å². The summed E-state index contributed by atoms with van der Waals surface area (Å²) in [6, 6.07) is 10.0. The molecule has 2 heterocycles. The maximum atomic E-state index is 10.7. The fourth-order valence-corrected chi connectivity index (χ4v) is 5.32. The van der Waals surface area contributed by atoms with Crippen LogP contribution in [-0.4, -0.2) is 33.7 Å². The molecule has 5 nitrogen and oxygen atoms in total. The number of aliphatic carboxylic acids is 1. The Balaban J connectivity index is 1.43. The number of ether oxygens (including phenoxy) is 2. The Labute approximate surface area is 205 Å². The van der Waals surface area contributed by atoms with E-state index in [2.05, 4.69) is 26.0 Å². The molecule has 1 aliphatic carbocycles. The van der Waals surface area contributed by atoms with Crippen LogP contribution in [0.2, 0.25) is 0 Å². The third kappa shape index (κ3) is 6.54. The molecular weight excluding hydrogens is 446 g/mol. The molecule has 2 aliphatic rings. The molecule has 0 saturated carbocycles. The Morgan fingerprint density at radius 1 is 1.18 bits per heavy atom. The maximum absolute atomic E-state index is 10.7. The van der Waals surface area contributed by atoms with Gasteiger partial charge in [-0.05, 0) is 85.9 Å². The lowest BCUT2D eigenvalue weighted by molar-refractivity contribution is -0.136. The lowest BCUT2D eigenvalue weighted by atomic mass is 9.99. The van der Waals surface area contributed by atoms with Crippen molar-refractivity contribution in [2.75, 3.05) is 11.5 Å². The highest BCUT2D eigenvalue weighted by Crippen LogP contribution is 2.32. The summed E-state index contributed by atoms with van der Waals surface area (Å²) in [6.45, 7) is 4.20. The van der Waals surface area contributed by atoms with Crippen molar-refractivity contribution in [1.29, 1.82) is 0 Å². The molecule has 0 amide bonds. The van der Waals surface area contributed by atoms with E-state index in [1.165, 1.54) is 11.5 Å². The molecule has 1 saturated heterocycles. The topological polar surface area (TPSA) is 68.7 Å². The van der Waals surface area contributed by atoms with Crippen LogP contribution in [0.4, 0.5) is 0 Å². The summed E-state index contributed by atoms with van der Waals surface area (Å²) in [4.78, 5) is 15.5. The van der Waals surface area contributed by atoms with Gasteiger partial charge < -0.3 is 14.6 Å². The van der Waals surface area contributed by atoms with E-state index in [-0.39, 0.29) is 6.42 Å². The van der Waals surface area contributed by atoms with Crippen LogP contribution in [0, 0.1) is 13.8 Å². The molecule has 0 unspecified atom stereocenters. The van der Waals surface area contributed by atoms with Crippen molar-refractivity contribution in [3.05, 3.63) is 77.1 Å². The second-order valence-corrected chi connectivity index (χ2v) is 9.97. The summed E-state index contributed by atoms with van der Waals surface area (Å²) in [5.41, 5.74) is 6.31. The Morgan fingerprint density at radius 3 is 2.62 bits per heavy atom. The van der Waals surface area contributed by atoms with Crippen LogP contribution >= 0.6 is 11.8 Å². The fourth-order valence-electron chi connectivity index (χ4n) is 4.26. The summed E-state index contributed by atoms with van der Waals surface area (Å²) in [5, 5.41) is 8.83. The molecule has 2 aromatic rings. The summed E-state index contributed by atoms with van der Waals surface area (Å²) >= 11 is 2.00. The van der Waals surface area contributed by atoms with Crippen LogP contribution in [0.25, 0.3) is 11.3 Å². The lowest BCUT2D eigenvalue weighted by Crippen LogP contribution is -2.22. The maximum Gasteiger partial charge on any atom is 0.303 e. The van der Waals surface area contributed by atoms with E-state index in [1.807, 2.05) is 48.2 Å². The Bertz CT molecular complexity index is 1110. The number of allylic oxidation sites excluding steroid dienone is 5. The molecule has 0 radical (unpaired) electrons. The zero-order valence-electron chi connectivity index (χ0n) is 19.8. The molecule has 1 N–H and O–H groups in total. The minimum atomic E-state index is -0.777. The van der Waals surface area contributed by atoms with Crippen LogP contribution < -0.4 is 9.47 Å². The van der Waals surface area contributed by atoms with Gasteiger partial charge in [0.1, 0.15) is 11.9 Å². The molecule has 34 heavy (non-hydrogen) atoms. The SMILES string of the molecule is Cc1cc(OC2CCSCC2)cc(C)c1-c1cccc(OC=C2C=CC(CCC(=O)O)=CC2)n1. The van der Waals surface area contributed by atoms with Crippen LogP contribution in [0.3, 0.4) is 0 Å². The predicted molar refractivity (Wildman–Crippen MR) is 138 cm³/mol. The number of aryl methyl sites for hydroxylation is 2. The van der Waals surface area contributed by atoms with E-state index < -0.39 is 5.97 Å². The molecular formula is C28H31NO4S. The number of benzene rings is 1. The van der Waals surface area contributed by atoms with Crippen molar-refractivity contribution in [2.24, 2.45) is 0 Å². The third-order valence-electron chi connectivity index (χ3n) is 6.03. The van der Waals surface area contributed by atoms with Crippen molar-refractivity contribution in [3.63, 3.8) is 0 Å². The number of nitrogens with zero attached hydrogens (tertiary/aromatic N) is 1. The average Bonchev–Trinajstić information content (AvgIpc) is 2.82. The second-order valence-electron chi connectivity index (χ2n) is 8.74. The van der Waals surface area contributed by atoms with Gasteiger partial charge in [-0.3, -0.25) is 4.79 Å². The first kappa shape index (κ1) is 24.1. The normalized spacial score (nSPS) is 17.5. The number of thioether (sulfide) groups is 1. The third-order valence-corrected chi connectivity index (χ3v) is 7.08. The van der Waals surface area contributed by atoms with Crippen LogP contribution in [0.15, 0.2) is 66.0 Å². The number of aromatic nitrogens is 1. The predicted octanol–water partition coefficient (Wildman–Crippen LogP) is 6.65. The lowest BCUT2D eigenvalue weighted by Gasteiger charge is -2.23. The summed E-state index contributed by atoms with van der Waals surface area (Å²) in [5.74, 6) is 3.04.